The normalized spacial score (nSPS) is 12.5. The molecule has 130 valence electrons. The average Bonchev–Trinajstić information content (AvgIpc) is 2.51. The second-order valence-corrected chi connectivity index (χ2v) is 5.06. The average molecular weight is 344 g/mol. The summed E-state index contributed by atoms with van der Waals surface area (Å²) < 4.78 is 5.10. The molecule has 1 rings (SSSR count). The summed E-state index contributed by atoms with van der Waals surface area (Å²) in [5.74, 6) is 0.637. The van der Waals surface area contributed by atoms with Gasteiger partial charge < -0.3 is 27.3 Å². The number of nitrogens with two attached hydrogens (primary N) is 3. The Bertz CT molecular complexity index is 503. The van der Waals surface area contributed by atoms with Crippen molar-refractivity contribution in [2.24, 2.45) is 22.2 Å². The third kappa shape index (κ3) is 7.71. The second kappa shape index (κ2) is 10.7. The fourth-order valence-electron chi connectivity index (χ4n) is 1.95. The lowest BCUT2D eigenvalue weighted by atomic mass is 10.1. The van der Waals surface area contributed by atoms with Gasteiger partial charge in [0.05, 0.1) is 19.2 Å². The van der Waals surface area contributed by atoms with Crippen LogP contribution in [0, 0.1) is 0 Å². The second-order valence-electron chi connectivity index (χ2n) is 5.06. The van der Waals surface area contributed by atoms with E-state index in [-0.39, 0.29) is 30.3 Å². The highest BCUT2D eigenvalue weighted by Crippen LogP contribution is 2.17. The van der Waals surface area contributed by atoms with Crippen LogP contribution >= 0.6 is 12.4 Å². The summed E-state index contributed by atoms with van der Waals surface area (Å²) in [4.78, 5) is 15.9. The van der Waals surface area contributed by atoms with E-state index in [1.165, 1.54) is 0 Å². The Morgan fingerprint density at radius 2 is 1.91 bits per heavy atom. The van der Waals surface area contributed by atoms with Crippen molar-refractivity contribution in [3.8, 4) is 5.75 Å². The maximum Gasteiger partial charge on any atom is 0.237 e. The standard InChI is InChI=1S/C15H25N5O2.ClH/c1-10(11-5-7-12(22-2)8-6-11)20-14(21)13(16)4-3-9-19-15(17)18;/h5-8,10,13H,3-4,9,16H2,1-2H3,(H,20,21)(H4,17,18,19);1H/t10?,13-;/m0./s1. The zero-order valence-corrected chi connectivity index (χ0v) is 14.3. The molecule has 23 heavy (non-hydrogen) atoms. The van der Waals surface area contributed by atoms with Gasteiger partial charge in [0, 0.05) is 6.54 Å². The number of nitrogens with zero attached hydrogens (tertiary/aromatic N) is 1. The fraction of sp³-hybridized carbons (Fsp3) is 0.467. The largest absolute Gasteiger partial charge is 0.497 e. The van der Waals surface area contributed by atoms with E-state index in [9.17, 15) is 4.79 Å². The van der Waals surface area contributed by atoms with Crippen LogP contribution in [0.15, 0.2) is 29.3 Å². The number of carbonyl (C=O) groups excluding carboxylic acids is 1. The summed E-state index contributed by atoms with van der Waals surface area (Å²) in [6.45, 7) is 2.38. The Hall–Kier alpha value is -1.99. The summed E-state index contributed by atoms with van der Waals surface area (Å²) in [6.07, 6.45) is 1.18. The van der Waals surface area contributed by atoms with Crippen LogP contribution in [0.1, 0.15) is 31.4 Å². The molecule has 0 aliphatic rings. The van der Waals surface area contributed by atoms with Crippen molar-refractivity contribution in [1.82, 2.24) is 5.32 Å². The molecule has 0 saturated carbocycles. The van der Waals surface area contributed by atoms with Crippen LogP contribution in [0.4, 0.5) is 0 Å². The van der Waals surface area contributed by atoms with Crippen LogP contribution in [0.2, 0.25) is 0 Å². The lowest BCUT2D eigenvalue weighted by Gasteiger charge is -2.18. The predicted octanol–water partition coefficient (Wildman–Crippen LogP) is 0.675. The van der Waals surface area contributed by atoms with Gasteiger partial charge in [0.15, 0.2) is 5.96 Å². The van der Waals surface area contributed by atoms with Crippen LogP contribution < -0.4 is 27.3 Å². The van der Waals surface area contributed by atoms with Gasteiger partial charge in [-0.1, -0.05) is 12.1 Å². The first-order valence-corrected chi connectivity index (χ1v) is 7.19. The Labute approximate surface area is 143 Å². The van der Waals surface area contributed by atoms with Crippen molar-refractivity contribution in [2.45, 2.75) is 31.8 Å². The molecule has 0 spiro atoms. The molecular weight excluding hydrogens is 318 g/mol. The van der Waals surface area contributed by atoms with Crippen molar-refractivity contribution in [3.63, 3.8) is 0 Å². The highest BCUT2D eigenvalue weighted by molar-refractivity contribution is 5.85. The topological polar surface area (TPSA) is 129 Å². The smallest absolute Gasteiger partial charge is 0.237 e. The van der Waals surface area contributed by atoms with Gasteiger partial charge in [-0.2, -0.15) is 0 Å². The number of amides is 1. The van der Waals surface area contributed by atoms with E-state index >= 15 is 0 Å². The Balaban J connectivity index is 0.00000484. The Kier molecular flexibility index (Phi) is 9.76. The van der Waals surface area contributed by atoms with Crippen molar-refractivity contribution in [1.29, 1.82) is 0 Å². The van der Waals surface area contributed by atoms with Gasteiger partial charge in [-0.3, -0.25) is 9.79 Å². The molecule has 0 aliphatic carbocycles. The van der Waals surface area contributed by atoms with E-state index in [1.807, 2.05) is 31.2 Å². The molecule has 7 nitrogen and oxygen atoms in total. The molecule has 0 fully saturated rings. The number of hydrogen-bond acceptors (Lipinski definition) is 4. The van der Waals surface area contributed by atoms with Crippen LogP contribution in [-0.2, 0) is 4.79 Å². The number of aliphatic imine (C=N–C) groups is 1. The van der Waals surface area contributed by atoms with Crippen molar-refractivity contribution >= 4 is 24.3 Å². The molecule has 1 unspecified atom stereocenters. The first-order chi connectivity index (χ1) is 10.4. The maximum absolute atomic E-state index is 12.0. The molecule has 1 aromatic rings. The molecule has 0 radical (unpaired) electrons. The molecule has 8 heteroatoms. The van der Waals surface area contributed by atoms with E-state index < -0.39 is 6.04 Å². The summed E-state index contributed by atoms with van der Waals surface area (Å²) in [5, 5.41) is 2.89. The quantitative estimate of drug-likeness (QED) is 0.313. The van der Waals surface area contributed by atoms with Crippen LogP contribution in [0.3, 0.4) is 0 Å². The Morgan fingerprint density at radius 1 is 1.30 bits per heavy atom. The number of methoxy groups -OCH3 is 1. The number of guanidine groups is 1. The molecule has 0 aliphatic heterocycles. The molecular formula is C15H26ClN5O2. The minimum Gasteiger partial charge on any atom is -0.497 e. The molecule has 1 amide bonds. The van der Waals surface area contributed by atoms with Gasteiger partial charge in [0.2, 0.25) is 5.91 Å². The van der Waals surface area contributed by atoms with Crippen LogP contribution in [0.25, 0.3) is 0 Å². The van der Waals surface area contributed by atoms with Crippen molar-refractivity contribution in [2.75, 3.05) is 13.7 Å². The van der Waals surface area contributed by atoms with E-state index in [4.69, 9.17) is 21.9 Å². The lowest BCUT2D eigenvalue weighted by molar-refractivity contribution is -0.123. The summed E-state index contributed by atoms with van der Waals surface area (Å²) >= 11 is 0. The van der Waals surface area contributed by atoms with Gasteiger partial charge in [-0.25, -0.2) is 0 Å². The number of ether oxygens (including phenoxy) is 1. The first-order valence-electron chi connectivity index (χ1n) is 7.19. The third-order valence-corrected chi connectivity index (χ3v) is 3.28. The molecule has 1 aromatic carbocycles. The minimum atomic E-state index is -0.574. The zero-order valence-electron chi connectivity index (χ0n) is 13.5. The summed E-state index contributed by atoms with van der Waals surface area (Å²) in [6, 6.07) is 6.83. The molecule has 2 atom stereocenters. The van der Waals surface area contributed by atoms with Crippen molar-refractivity contribution in [3.05, 3.63) is 29.8 Å². The number of halogens is 1. The number of carbonyl (C=O) groups is 1. The minimum absolute atomic E-state index is 0. The zero-order chi connectivity index (χ0) is 16.5. The fourth-order valence-corrected chi connectivity index (χ4v) is 1.95. The highest BCUT2D eigenvalue weighted by Gasteiger charge is 2.16. The van der Waals surface area contributed by atoms with Gasteiger partial charge in [-0.05, 0) is 37.5 Å². The van der Waals surface area contributed by atoms with E-state index in [0.717, 1.165) is 11.3 Å². The van der Waals surface area contributed by atoms with Gasteiger partial charge >= 0.3 is 0 Å². The van der Waals surface area contributed by atoms with Gasteiger partial charge in [0.25, 0.3) is 0 Å². The molecule has 0 saturated heterocycles. The molecule has 0 heterocycles. The molecule has 0 bridgehead atoms. The summed E-state index contributed by atoms with van der Waals surface area (Å²) in [7, 11) is 1.61. The van der Waals surface area contributed by atoms with Crippen LogP contribution in [0.5, 0.6) is 5.75 Å². The first kappa shape index (κ1) is 21.0. The number of hydrogen-bond donors (Lipinski definition) is 4. The monoisotopic (exact) mass is 343 g/mol. The number of rotatable bonds is 8. The Morgan fingerprint density at radius 3 is 2.43 bits per heavy atom. The van der Waals surface area contributed by atoms with Gasteiger partial charge in [0.1, 0.15) is 5.75 Å². The van der Waals surface area contributed by atoms with E-state index in [0.29, 0.717) is 19.4 Å². The number of nitrogens with one attached hydrogen (secondary N) is 1. The SMILES string of the molecule is COc1ccc(C(C)NC(=O)[C@@H](N)CCCN=C(N)N)cc1.Cl. The highest BCUT2D eigenvalue weighted by atomic mass is 35.5. The van der Waals surface area contributed by atoms with E-state index in [1.54, 1.807) is 7.11 Å². The van der Waals surface area contributed by atoms with Gasteiger partial charge in [-0.15, -0.1) is 12.4 Å². The lowest BCUT2D eigenvalue weighted by Crippen LogP contribution is -2.41. The third-order valence-electron chi connectivity index (χ3n) is 3.28. The predicted molar refractivity (Wildman–Crippen MR) is 94.7 cm³/mol. The molecule has 7 N–H and O–H groups in total. The number of benzene rings is 1. The maximum atomic E-state index is 12.0. The summed E-state index contributed by atoms with van der Waals surface area (Å²) in [5.41, 5.74) is 17.3. The van der Waals surface area contributed by atoms with Crippen LogP contribution in [-0.4, -0.2) is 31.6 Å². The molecule has 0 aromatic heterocycles. The van der Waals surface area contributed by atoms with Crippen molar-refractivity contribution < 1.29 is 9.53 Å². The van der Waals surface area contributed by atoms with E-state index in [2.05, 4.69) is 10.3 Å².